The van der Waals surface area contributed by atoms with E-state index in [-0.39, 0.29) is 0 Å². The summed E-state index contributed by atoms with van der Waals surface area (Å²) in [4.78, 5) is 0. The Bertz CT molecular complexity index is 61.7. The van der Waals surface area contributed by atoms with Gasteiger partial charge in [-0.15, -0.1) is 0 Å². The average molecular weight is 160 g/mol. The molecular formula is C9H20S. The van der Waals surface area contributed by atoms with Gasteiger partial charge in [-0.1, -0.05) is 33.1 Å². The van der Waals surface area contributed by atoms with E-state index in [1.54, 1.807) is 0 Å². The molecule has 0 bridgehead atoms. The lowest BCUT2D eigenvalue weighted by atomic mass is 9.98. The van der Waals surface area contributed by atoms with Crippen LogP contribution in [0.1, 0.15) is 39.5 Å². The van der Waals surface area contributed by atoms with Crippen molar-refractivity contribution in [2.24, 2.45) is 5.92 Å². The molecule has 0 aromatic heterocycles. The van der Waals surface area contributed by atoms with Crippen molar-refractivity contribution in [3.63, 3.8) is 0 Å². The summed E-state index contributed by atoms with van der Waals surface area (Å²) < 4.78 is 0. The standard InChI is InChI=1S/C9H20S/c1-4-6-9(5-2)7-8-10-3/h9H,4-8H2,1-3H3. The fraction of sp³-hybridized carbons (Fsp3) is 1.00. The molecule has 0 N–H and O–H groups in total. The zero-order chi connectivity index (χ0) is 7.82. The Kier molecular flexibility index (Phi) is 7.72. The first-order chi connectivity index (χ1) is 4.85. The Morgan fingerprint density at radius 2 is 1.90 bits per heavy atom. The maximum absolute atomic E-state index is 2.31. The summed E-state index contributed by atoms with van der Waals surface area (Å²) in [6.45, 7) is 4.59. The lowest BCUT2D eigenvalue weighted by molar-refractivity contribution is 0.454. The molecule has 0 amide bonds. The molecule has 62 valence electrons. The van der Waals surface area contributed by atoms with E-state index < -0.39 is 0 Å². The fourth-order valence-corrected chi connectivity index (χ4v) is 1.81. The molecule has 1 unspecified atom stereocenters. The number of rotatable bonds is 6. The molecule has 0 aliphatic rings. The zero-order valence-electron chi connectivity index (χ0n) is 7.52. The normalized spacial score (nSPS) is 13.5. The van der Waals surface area contributed by atoms with Crippen LogP contribution in [0.25, 0.3) is 0 Å². The van der Waals surface area contributed by atoms with E-state index in [0.717, 1.165) is 5.92 Å². The van der Waals surface area contributed by atoms with Gasteiger partial charge in [-0.25, -0.2) is 0 Å². The van der Waals surface area contributed by atoms with Crippen LogP contribution in [-0.4, -0.2) is 12.0 Å². The summed E-state index contributed by atoms with van der Waals surface area (Å²) in [6.07, 6.45) is 7.77. The molecule has 10 heavy (non-hydrogen) atoms. The monoisotopic (exact) mass is 160 g/mol. The van der Waals surface area contributed by atoms with E-state index in [0.29, 0.717) is 0 Å². The van der Waals surface area contributed by atoms with E-state index in [9.17, 15) is 0 Å². The second-order valence-corrected chi connectivity index (χ2v) is 3.83. The number of hydrogen-bond acceptors (Lipinski definition) is 1. The first-order valence-electron chi connectivity index (χ1n) is 4.34. The highest BCUT2D eigenvalue weighted by atomic mass is 32.2. The summed E-state index contributed by atoms with van der Waals surface area (Å²) >= 11 is 1.97. The minimum absolute atomic E-state index is 0.998. The highest BCUT2D eigenvalue weighted by Gasteiger charge is 2.02. The third kappa shape index (κ3) is 5.16. The Morgan fingerprint density at radius 3 is 2.30 bits per heavy atom. The van der Waals surface area contributed by atoms with Gasteiger partial charge < -0.3 is 0 Å². The molecule has 0 rings (SSSR count). The summed E-state index contributed by atoms with van der Waals surface area (Å²) in [6, 6.07) is 0. The molecule has 0 heterocycles. The van der Waals surface area contributed by atoms with Crippen LogP contribution in [0, 0.1) is 5.92 Å². The van der Waals surface area contributed by atoms with E-state index in [1.165, 1.54) is 31.4 Å². The second kappa shape index (κ2) is 7.46. The van der Waals surface area contributed by atoms with Gasteiger partial charge in [0.1, 0.15) is 0 Å². The first kappa shape index (κ1) is 10.3. The molecule has 1 heteroatoms. The van der Waals surface area contributed by atoms with Crippen molar-refractivity contribution in [3.8, 4) is 0 Å². The van der Waals surface area contributed by atoms with Gasteiger partial charge in [0.2, 0.25) is 0 Å². The molecular weight excluding hydrogens is 140 g/mol. The first-order valence-corrected chi connectivity index (χ1v) is 5.73. The van der Waals surface area contributed by atoms with Crippen LogP contribution in [0.15, 0.2) is 0 Å². The molecule has 0 spiro atoms. The third-order valence-corrected chi connectivity index (χ3v) is 2.65. The molecule has 0 saturated heterocycles. The largest absolute Gasteiger partial charge is 0.165 e. The van der Waals surface area contributed by atoms with Gasteiger partial charge in [0.25, 0.3) is 0 Å². The Morgan fingerprint density at radius 1 is 1.20 bits per heavy atom. The molecule has 0 aliphatic heterocycles. The van der Waals surface area contributed by atoms with Gasteiger partial charge >= 0.3 is 0 Å². The molecule has 0 aliphatic carbocycles. The maximum atomic E-state index is 2.31. The van der Waals surface area contributed by atoms with E-state index in [4.69, 9.17) is 0 Å². The lowest BCUT2D eigenvalue weighted by Gasteiger charge is -2.11. The van der Waals surface area contributed by atoms with E-state index in [2.05, 4.69) is 20.1 Å². The van der Waals surface area contributed by atoms with Gasteiger partial charge in [-0.05, 0) is 24.3 Å². The predicted octanol–water partition coefficient (Wildman–Crippen LogP) is 3.57. The Balaban J connectivity index is 3.21. The van der Waals surface area contributed by atoms with Crippen LogP contribution in [0.4, 0.5) is 0 Å². The van der Waals surface area contributed by atoms with Gasteiger partial charge in [0.15, 0.2) is 0 Å². The van der Waals surface area contributed by atoms with Gasteiger partial charge in [0, 0.05) is 0 Å². The third-order valence-electron chi connectivity index (χ3n) is 2.00. The van der Waals surface area contributed by atoms with Crippen LogP contribution in [-0.2, 0) is 0 Å². The van der Waals surface area contributed by atoms with Crippen molar-refractivity contribution >= 4 is 11.8 Å². The Hall–Kier alpha value is 0.350. The van der Waals surface area contributed by atoms with Gasteiger partial charge in [-0.3, -0.25) is 0 Å². The summed E-state index contributed by atoms with van der Waals surface area (Å²) in [7, 11) is 0. The van der Waals surface area contributed by atoms with Crippen molar-refractivity contribution in [2.75, 3.05) is 12.0 Å². The predicted molar refractivity (Wildman–Crippen MR) is 51.7 cm³/mol. The van der Waals surface area contributed by atoms with Crippen molar-refractivity contribution in [3.05, 3.63) is 0 Å². The summed E-state index contributed by atoms with van der Waals surface area (Å²) in [5, 5.41) is 0. The molecule has 0 saturated carbocycles. The number of hydrogen-bond donors (Lipinski definition) is 0. The quantitative estimate of drug-likeness (QED) is 0.572. The van der Waals surface area contributed by atoms with Crippen LogP contribution in [0.2, 0.25) is 0 Å². The van der Waals surface area contributed by atoms with Crippen molar-refractivity contribution in [1.82, 2.24) is 0 Å². The SMILES string of the molecule is CCCC(CC)CCSC. The van der Waals surface area contributed by atoms with Crippen molar-refractivity contribution in [1.29, 1.82) is 0 Å². The van der Waals surface area contributed by atoms with Crippen LogP contribution in [0.5, 0.6) is 0 Å². The van der Waals surface area contributed by atoms with Crippen LogP contribution < -0.4 is 0 Å². The molecule has 1 atom stereocenters. The van der Waals surface area contributed by atoms with Crippen molar-refractivity contribution < 1.29 is 0 Å². The second-order valence-electron chi connectivity index (χ2n) is 2.84. The smallest absolute Gasteiger partial charge is 0.00677 e. The minimum Gasteiger partial charge on any atom is -0.165 e. The lowest BCUT2D eigenvalue weighted by Crippen LogP contribution is -1.99. The van der Waals surface area contributed by atoms with E-state index >= 15 is 0 Å². The van der Waals surface area contributed by atoms with Crippen molar-refractivity contribution in [2.45, 2.75) is 39.5 Å². The topological polar surface area (TPSA) is 0 Å². The zero-order valence-corrected chi connectivity index (χ0v) is 8.34. The molecule has 0 aromatic rings. The maximum Gasteiger partial charge on any atom is -0.00677 e. The molecule has 0 aromatic carbocycles. The van der Waals surface area contributed by atoms with E-state index in [1.807, 2.05) is 11.8 Å². The highest BCUT2D eigenvalue weighted by molar-refractivity contribution is 7.98. The van der Waals surface area contributed by atoms with Gasteiger partial charge in [0.05, 0.1) is 0 Å². The number of thioether (sulfide) groups is 1. The van der Waals surface area contributed by atoms with Crippen LogP contribution in [0.3, 0.4) is 0 Å². The molecule has 0 nitrogen and oxygen atoms in total. The molecule has 0 fully saturated rings. The average Bonchev–Trinajstić information content (AvgIpc) is 1.98. The molecule has 0 radical (unpaired) electrons. The minimum atomic E-state index is 0.998. The fourth-order valence-electron chi connectivity index (χ4n) is 1.25. The van der Waals surface area contributed by atoms with Gasteiger partial charge in [-0.2, -0.15) is 11.8 Å². The van der Waals surface area contributed by atoms with Crippen LogP contribution >= 0.6 is 11.8 Å². The highest BCUT2D eigenvalue weighted by Crippen LogP contribution is 2.16. The Labute approximate surface area is 69.8 Å². The summed E-state index contributed by atoms with van der Waals surface area (Å²) in [5.74, 6) is 2.34. The summed E-state index contributed by atoms with van der Waals surface area (Å²) in [5.41, 5.74) is 0.